The highest BCUT2D eigenvalue weighted by molar-refractivity contribution is 7.17. The Kier molecular flexibility index (Phi) is 9.42. The lowest BCUT2D eigenvalue weighted by Crippen LogP contribution is -2.42. The summed E-state index contributed by atoms with van der Waals surface area (Å²) in [5.41, 5.74) is -1.05. The molecular formula is C30H25Cl3F3N3O5S. The van der Waals surface area contributed by atoms with Gasteiger partial charge in [-0.1, -0.05) is 46.0 Å². The van der Waals surface area contributed by atoms with Crippen molar-refractivity contribution < 1.29 is 37.1 Å². The molecule has 8 nitrogen and oxygen atoms in total. The summed E-state index contributed by atoms with van der Waals surface area (Å²) in [4.78, 5) is 44.2. The van der Waals surface area contributed by atoms with Gasteiger partial charge in [0.05, 0.1) is 33.5 Å². The predicted molar refractivity (Wildman–Crippen MR) is 166 cm³/mol. The topological polar surface area (TPSA) is 106 Å². The second-order valence-corrected chi connectivity index (χ2v) is 12.8. The molecule has 0 fully saturated rings. The van der Waals surface area contributed by atoms with E-state index in [0.29, 0.717) is 28.1 Å². The summed E-state index contributed by atoms with van der Waals surface area (Å²) >= 11 is 19.3. The fraction of sp³-hybridized carbons (Fsp3) is 0.333. The zero-order valence-electron chi connectivity index (χ0n) is 23.8. The van der Waals surface area contributed by atoms with Crippen molar-refractivity contribution in [3.8, 4) is 0 Å². The van der Waals surface area contributed by atoms with Crippen LogP contribution in [0.3, 0.4) is 0 Å². The number of nitrogens with zero attached hydrogens (tertiary/aromatic N) is 1. The van der Waals surface area contributed by atoms with E-state index >= 15 is 0 Å². The third-order valence-corrected chi connectivity index (χ3v) is 10.1. The van der Waals surface area contributed by atoms with Crippen LogP contribution >= 0.6 is 46.1 Å². The number of amides is 2. The number of rotatable bonds is 7. The molecule has 0 saturated carbocycles. The molecule has 2 aliphatic rings. The van der Waals surface area contributed by atoms with Crippen LogP contribution in [0.1, 0.15) is 67.1 Å². The molecule has 5 rings (SSSR count). The number of hydrogen-bond acceptors (Lipinski definition) is 7. The molecule has 2 aromatic carbocycles. The summed E-state index contributed by atoms with van der Waals surface area (Å²) in [5, 5.41) is 9.08. The molecule has 45 heavy (non-hydrogen) atoms. The number of benzene rings is 2. The Morgan fingerprint density at radius 2 is 1.76 bits per heavy atom. The van der Waals surface area contributed by atoms with Crippen molar-refractivity contribution >= 4 is 74.6 Å². The number of thiophene rings is 1. The molecule has 3 aromatic rings. The summed E-state index contributed by atoms with van der Waals surface area (Å²) in [5.74, 6) is -1.63. The Bertz CT molecular complexity index is 1720. The van der Waals surface area contributed by atoms with E-state index in [1.54, 1.807) is 6.92 Å². The minimum Gasteiger partial charge on any atom is -0.468 e. The molecule has 2 amide bonds. The Morgan fingerprint density at radius 3 is 2.40 bits per heavy atom. The number of carbonyl (C=O) groups excluding carboxylic acids is 3. The lowest BCUT2D eigenvalue weighted by atomic mass is 9.86. The average Bonchev–Trinajstić information content (AvgIpc) is 3.61. The summed E-state index contributed by atoms with van der Waals surface area (Å²) in [7, 11) is 1.21. The number of carbonyl (C=O) groups is 3. The van der Waals surface area contributed by atoms with Gasteiger partial charge in [-0.2, -0.15) is 13.2 Å². The molecule has 15 heteroatoms. The number of ether oxygens (including phenoxy) is 1. The van der Waals surface area contributed by atoms with Crippen LogP contribution in [0.2, 0.25) is 15.1 Å². The number of halogens is 6. The number of hydrogen-bond donors (Lipinski definition) is 2. The molecule has 2 heterocycles. The molecule has 0 spiro atoms. The Morgan fingerprint density at radius 1 is 1.07 bits per heavy atom. The van der Waals surface area contributed by atoms with Crippen molar-refractivity contribution in [1.29, 1.82) is 0 Å². The van der Waals surface area contributed by atoms with Gasteiger partial charge in [0.2, 0.25) is 0 Å². The first-order chi connectivity index (χ1) is 21.3. The molecule has 1 aromatic heterocycles. The van der Waals surface area contributed by atoms with Gasteiger partial charge in [0.25, 0.3) is 17.4 Å². The van der Waals surface area contributed by atoms with Crippen molar-refractivity contribution in [2.45, 2.75) is 50.8 Å². The molecule has 1 aliphatic heterocycles. The van der Waals surface area contributed by atoms with Gasteiger partial charge in [-0.25, -0.2) is 0 Å². The van der Waals surface area contributed by atoms with Crippen LogP contribution in [0.25, 0.3) is 0 Å². The van der Waals surface area contributed by atoms with Crippen molar-refractivity contribution in [2.24, 2.45) is 5.16 Å². The molecule has 0 bridgehead atoms. The summed E-state index contributed by atoms with van der Waals surface area (Å²) < 4.78 is 48.0. The van der Waals surface area contributed by atoms with E-state index in [9.17, 15) is 27.6 Å². The van der Waals surface area contributed by atoms with Crippen molar-refractivity contribution in [3.63, 3.8) is 0 Å². The number of alkyl halides is 3. The average molecular weight is 703 g/mol. The lowest BCUT2D eigenvalue weighted by Gasteiger charge is -2.30. The molecule has 1 unspecified atom stereocenters. The van der Waals surface area contributed by atoms with Gasteiger partial charge in [0.15, 0.2) is 0 Å². The molecule has 238 valence electrons. The van der Waals surface area contributed by atoms with E-state index in [1.165, 1.54) is 36.6 Å². The SMILES string of the molecule is COC(=O)CNC(=O)c1c(NC(=O)c2ccc(C3=NOC(c4cc(Cl)c(Cl)c(Cl)c4)(C(F)(F)F)C3)cc2C)sc2c1CCCC2. The van der Waals surface area contributed by atoms with Crippen LogP contribution in [0.4, 0.5) is 18.2 Å². The van der Waals surface area contributed by atoms with E-state index in [1.807, 2.05) is 0 Å². The van der Waals surface area contributed by atoms with Crippen LogP contribution in [-0.2, 0) is 32.8 Å². The number of fused-ring (bicyclic) bond motifs is 1. The van der Waals surface area contributed by atoms with Crippen LogP contribution in [0, 0.1) is 6.92 Å². The number of esters is 1. The van der Waals surface area contributed by atoms with Crippen LogP contribution < -0.4 is 10.6 Å². The van der Waals surface area contributed by atoms with Crippen LogP contribution in [-0.4, -0.2) is 43.3 Å². The van der Waals surface area contributed by atoms with Crippen molar-refractivity contribution in [2.75, 3.05) is 19.0 Å². The Balaban J connectivity index is 1.39. The molecule has 0 radical (unpaired) electrons. The minimum atomic E-state index is -4.89. The normalized spacial score (nSPS) is 17.6. The molecule has 0 saturated heterocycles. The van der Waals surface area contributed by atoms with Crippen LogP contribution in [0.15, 0.2) is 35.5 Å². The van der Waals surface area contributed by atoms with Crippen LogP contribution in [0.5, 0.6) is 0 Å². The van der Waals surface area contributed by atoms with Gasteiger partial charge < -0.3 is 20.2 Å². The van der Waals surface area contributed by atoms with E-state index < -0.39 is 36.0 Å². The third-order valence-electron chi connectivity index (χ3n) is 7.69. The first kappa shape index (κ1) is 33.1. The lowest BCUT2D eigenvalue weighted by molar-refractivity contribution is -0.275. The fourth-order valence-corrected chi connectivity index (χ4v) is 7.20. The maximum absolute atomic E-state index is 14.5. The first-order valence-corrected chi connectivity index (χ1v) is 15.6. The predicted octanol–water partition coefficient (Wildman–Crippen LogP) is 7.63. The molecule has 2 N–H and O–H groups in total. The maximum Gasteiger partial charge on any atom is 0.435 e. The standard InChI is InChI=1S/C30H25Cl3F3N3O5S/c1-14-9-15(21-12-29(44-39-21,30(34,35)36)16-10-19(31)25(33)20(32)11-16)7-8-17(14)26(41)38-28-24(27(42)37-13-23(40)43-2)18-5-3-4-6-22(18)45-28/h7-11H,3-6,12-13H2,1-2H3,(H,37,42)(H,38,41). The Labute approximate surface area is 274 Å². The molecule has 1 atom stereocenters. The van der Waals surface area contributed by atoms with Gasteiger partial charge in [-0.05, 0) is 73.6 Å². The number of anilines is 1. The van der Waals surface area contributed by atoms with E-state index in [-0.39, 0.29) is 38.5 Å². The number of nitrogens with one attached hydrogen (secondary N) is 2. The summed E-state index contributed by atoms with van der Waals surface area (Å²) in [6.45, 7) is 1.31. The van der Waals surface area contributed by atoms with Gasteiger partial charge in [0.1, 0.15) is 11.5 Å². The quantitative estimate of drug-likeness (QED) is 0.195. The summed E-state index contributed by atoms with van der Waals surface area (Å²) in [6, 6.07) is 6.58. The number of aryl methyl sites for hydroxylation is 2. The fourth-order valence-electron chi connectivity index (χ4n) is 5.32. The highest BCUT2D eigenvalue weighted by Crippen LogP contribution is 2.50. The second-order valence-electron chi connectivity index (χ2n) is 10.5. The van der Waals surface area contributed by atoms with E-state index in [4.69, 9.17) is 39.6 Å². The van der Waals surface area contributed by atoms with E-state index in [0.717, 1.165) is 41.8 Å². The van der Waals surface area contributed by atoms with Crippen molar-refractivity contribution in [1.82, 2.24) is 5.32 Å². The number of oxime groups is 1. The Hall–Kier alpha value is -3.32. The first-order valence-electron chi connectivity index (χ1n) is 13.6. The maximum atomic E-state index is 14.5. The minimum absolute atomic E-state index is 0.0000680. The highest BCUT2D eigenvalue weighted by atomic mass is 35.5. The zero-order chi connectivity index (χ0) is 32.7. The molecular weight excluding hydrogens is 678 g/mol. The number of methoxy groups -OCH3 is 1. The van der Waals surface area contributed by atoms with Crippen molar-refractivity contribution in [3.05, 3.63) is 83.7 Å². The zero-order valence-corrected chi connectivity index (χ0v) is 26.9. The summed E-state index contributed by atoms with van der Waals surface area (Å²) in [6.07, 6.45) is -2.31. The third kappa shape index (κ3) is 6.38. The monoisotopic (exact) mass is 701 g/mol. The van der Waals surface area contributed by atoms with Gasteiger partial charge in [-0.15, -0.1) is 11.3 Å². The van der Waals surface area contributed by atoms with Gasteiger partial charge >= 0.3 is 12.1 Å². The smallest absolute Gasteiger partial charge is 0.435 e. The van der Waals surface area contributed by atoms with E-state index in [2.05, 4.69) is 20.5 Å². The second kappa shape index (κ2) is 12.8. The van der Waals surface area contributed by atoms with Gasteiger partial charge in [-0.3, -0.25) is 14.4 Å². The largest absolute Gasteiger partial charge is 0.468 e. The van der Waals surface area contributed by atoms with Gasteiger partial charge in [0, 0.05) is 22.4 Å². The molecule has 1 aliphatic carbocycles. The highest BCUT2D eigenvalue weighted by Gasteiger charge is 2.62.